The van der Waals surface area contributed by atoms with E-state index in [9.17, 15) is 18.4 Å². The van der Waals surface area contributed by atoms with E-state index in [1.807, 2.05) is 0 Å². The standard InChI is InChI=1S/C12H19F2NO4/c1-11(2,3)19-10(17)15-8-7(9(16)18-4)5-6-12(8,13)14/h7-8H,5-6H2,1-4H3,(H,15,17). The Kier molecular flexibility index (Phi) is 4.37. The van der Waals surface area contributed by atoms with Gasteiger partial charge in [-0.15, -0.1) is 0 Å². The summed E-state index contributed by atoms with van der Waals surface area (Å²) in [6.07, 6.45) is -1.46. The summed E-state index contributed by atoms with van der Waals surface area (Å²) in [7, 11) is 1.13. The van der Waals surface area contributed by atoms with Crippen molar-refractivity contribution in [2.24, 2.45) is 5.92 Å². The maximum Gasteiger partial charge on any atom is 0.408 e. The quantitative estimate of drug-likeness (QED) is 0.786. The fourth-order valence-electron chi connectivity index (χ4n) is 2.01. The van der Waals surface area contributed by atoms with Gasteiger partial charge >= 0.3 is 12.1 Å². The normalized spacial score (nSPS) is 25.8. The highest BCUT2D eigenvalue weighted by molar-refractivity contribution is 5.76. The number of nitrogens with one attached hydrogen (secondary N) is 1. The van der Waals surface area contributed by atoms with E-state index >= 15 is 0 Å². The van der Waals surface area contributed by atoms with Crippen molar-refractivity contribution in [3.05, 3.63) is 0 Å². The average molecular weight is 279 g/mol. The third-order valence-electron chi connectivity index (χ3n) is 2.82. The number of alkyl carbamates (subject to hydrolysis) is 1. The summed E-state index contributed by atoms with van der Waals surface area (Å²) < 4.78 is 36.7. The number of hydrogen-bond acceptors (Lipinski definition) is 4. The van der Waals surface area contributed by atoms with Gasteiger partial charge in [-0.05, 0) is 27.2 Å². The van der Waals surface area contributed by atoms with Gasteiger partial charge in [0, 0.05) is 6.42 Å². The van der Waals surface area contributed by atoms with Crippen molar-refractivity contribution in [1.82, 2.24) is 5.32 Å². The second-order valence-corrected chi connectivity index (χ2v) is 5.55. The van der Waals surface area contributed by atoms with Crippen molar-refractivity contribution in [3.63, 3.8) is 0 Å². The number of esters is 1. The van der Waals surface area contributed by atoms with E-state index < -0.39 is 42.0 Å². The second kappa shape index (κ2) is 5.30. The van der Waals surface area contributed by atoms with Crippen LogP contribution in [-0.2, 0) is 14.3 Å². The van der Waals surface area contributed by atoms with Crippen LogP contribution < -0.4 is 5.32 Å². The fourth-order valence-corrected chi connectivity index (χ4v) is 2.01. The van der Waals surface area contributed by atoms with Crippen LogP contribution in [0, 0.1) is 5.92 Å². The van der Waals surface area contributed by atoms with Crippen LogP contribution in [0.4, 0.5) is 13.6 Å². The molecule has 0 bridgehead atoms. The topological polar surface area (TPSA) is 64.6 Å². The molecule has 0 heterocycles. The summed E-state index contributed by atoms with van der Waals surface area (Å²) in [4.78, 5) is 23.0. The molecule has 1 aliphatic rings. The molecule has 0 saturated heterocycles. The van der Waals surface area contributed by atoms with Gasteiger partial charge in [0.2, 0.25) is 0 Å². The van der Waals surface area contributed by atoms with Crippen LogP contribution in [0.5, 0.6) is 0 Å². The molecule has 1 saturated carbocycles. The maximum atomic E-state index is 13.7. The lowest BCUT2D eigenvalue weighted by molar-refractivity contribution is -0.147. The second-order valence-electron chi connectivity index (χ2n) is 5.55. The van der Waals surface area contributed by atoms with Crippen molar-refractivity contribution in [1.29, 1.82) is 0 Å². The number of alkyl halides is 2. The molecule has 0 aromatic carbocycles. The minimum Gasteiger partial charge on any atom is -0.469 e. The number of amides is 1. The zero-order valence-corrected chi connectivity index (χ0v) is 11.5. The van der Waals surface area contributed by atoms with Gasteiger partial charge < -0.3 is 14.8 Å². The molecule has 1 amide bonds. The Morgan fingerprint density at radius 2 is 1.89 bits per heavy atom. The van der Waals surface area contributed by atoms with Crippen LogP contribution in [0.25, 0.3) is 0 Å². The highest BCUT2D eigenvalue weighted by Crippen LogP contribution is 2.40. The Hall–Kier alpha value is -1.40. The minimum absolute atomic E-state index is 0.0276. The first kappa shape index (κ1) is 15.7. The van der Waals surface area contributed by atoms with Gasteiger partial charge in [0.1, 0.15) is 11.6 Å². The van der Waals surface area contributed by atoms with Gasteiger partial charge in [0.15, 0.2) is 0 Å². The molecule has 0 aromatic heterocycles. The van der Waals surface area contributed by atoms with Crippen molar-refractivity contribution in [2.75, 3.05) is 7.11 Å². The molecule has 0 spiro atoms. The van der Waals surface area contributed by atoms with E-state index in [4.69, 9.17) is 4.74 Å². The first-order chi connectivity index (χ1) is 8.57. The molecule has 1 N–H and O–H groups in total. The molecule has 0 aromatic rings. The fraction of sp³-hybridized carbons (Fsp3) is 0.833. The summed E-state index contributed by atoms with van der Waals surface area (Å²) in [5.41, 5.74) is -0.793. The molecule has 2 unspecified atom stereocenters. The minimum atomic E-state index is -3.14. The molecule has 19 heavy (non-hydrogen) atoms. The summed E-state index contributed by atoms with van der Waals surface area (Å²) >= 11 is 0. The van der Waals surface area contributed by atoms with Crippen molar-refractivity contribution >= 4 is 12.1 Å². The Bertz CT molecular complexity index is 365. The molecule has 110 valence electrons. The lowest BCUT2D eigenvalue weighted by atomic mass is 10.0. The van der Waals surface area contributed by atoms with Crippen molar-refractivity contribution in [2.45, 2.75) is 51.2 Å². The monoisotopic (exact) mass is 279 g/mol. The number of hydrogen-bond donors (Lipinski definition) is 1. The molecular formula is C12H19F2NO4. The smallest absolute Gasteiger partial charge is 0.408 e. The van der Waals surface area contributed by atoms with Crippen LogP contribution in [-0.4, -0.2) is 36.7 Å². The van der Waals surface area contributed by atoms with Gasteiger partial charge in [0.25, 0.3) is 5.92 Å². The van der Waals surface area contributed by atoms with E-state index in [1.54, 1.807) is 20.8 Å². The lowest BCUT2D eigenvalue weighted by Gasteiger charge is -2.26. The zero-order chi connectivity index (χ0) is 14.8. The summed E-state index contributed by atoms with van der Waals surface area (Å²) in [6, 6.07) is -1.59. The molecular weight excluding hydrogens is 260 g/mol. The summed E-state index contributed by atoms with van der Waals surface area (Å²) in [5, 5.41) is 2.08. The first-order valence-corrected chi connectivity index (χ1v) is 6.02. The average Bonchev–Trinajstić information content (AvgIpc) is 2.51. The van der Waals surface area contributed by atoms with E-state index in [0.717, 1.165) is 7.11 Å². The predicted octanol–water partition coefficient (Wildman–Crippen LogP) is 2.10. The summed E-state index contributed by atoms with van der Waals surface area (Å²) in [6.45, 7) is 4.87. The number of rotatable bonds is 2. The number of halogens is 2. The first-order valence-electron chi connectivity index (χ1n) is 6.02. The molecule has 1 fully saturated rings. The van der Waals surface area contributed by atoms with Crippen molar-refractivity contribution < 1.29 is 27.8 Å². The Balaban J connectivity index is 2.76. The summed E-state index contributed by atoms with van der Waals surface area (Å²) in [5.74, 6) is -4.94. The number of carbonyl (C=O) groups is 2. The van der Waals surface area contributed by atoms with Gasteiger partial charge in [-0.25, -0.2) is 13.6 Å². The van der Waals surface area contributed by atoms with Gasteiger partial charge in [-0.2, -0.15) is 0 Å². The van der Waals surface area contributed by atoms with E-state index in [2.05, 4.69) is 10.1 Å². The van der Waals surface area contributed by atoms with Crippen LogP contribution in [0.1, 0.15) is 33.6 Å². The van der Waals surface area contributed by atoms with E-state index in [1.165, 1.54) is 0 Å². The largest absolute Gasteiger partial charge is 0.469 e. The van der Waals surface area contributed by atoms with Crippen molar-refractivity contribution in [3.8, 4) is 0 Å². The molecule has 7 heteroatoms. The van der Waals surface area contributed by atoms with Crippen LogP contribution in [0.2, 0.25) is 0 Å². The Labute approximate surface area is 110 Å². The maximum absolute atomic E-state index is 13.7. The third kappa shape index (κ3) is 4.04. The van der Waals surface area contributed by atoms with Crippen LogP contribution >= 0.6 is 0 Å². The highest BCUT2D eigenvalue weighted by Gasteiger charge is 2.54. The number of carbonyl (C=O) groups excluding carboxylic acids is 2. The molecule has 0 radical (unpaired) electrons. The van der Waals surface area contributed by atoms with E-state index in [0.29, 0.717) is 0 Å². The third-order valence-corrected chi connectivity index (χ3v) is 2.82. The molecule has 0 aliphatic heterocycles. The van der Waals surface area contributed by atoms with Crippen LogP contribution in [0.15, 0.2) is 0 Å². The number of methoxy groups -OCH3 is 1. The van der Waals surface area contributed by atoms with Gasteiger partial charge in [-0.1, -0.05) is 0 Å². The predicted molar refractivity (Wildman–Crippen MR) is 62.8 cm³/mol. The number of ether oxygens (including phenoxy) is 2. The molecule has 2 atom stereocenters. The van der Waals surface area contributed by atoms with Gasteiger partial charge in [0.05, 0.1) is 13.0 Å². The Morgan fingerprint density at radius 3 is 2.37 bits per heavy atom. The van der Waals surface area contributed by atoms with E-state index in [-0.39, 0.29) is 6.42 Å². The van der Waals surface area contributed by atoms with Crippen LogP contribution in [0.3, 0.4) is 0 Å². The lowest BCUT2D eigenvalue weighted by Crippen LogP contribution is -2.50. The molecule has 1 rings (SSSR count). The Morgan fingerprint density at radius 1 is 1.32 bits per heavy atom. The highest BCUT2D eigenvalue weighted by atomic mass is 19.3. The SMILES string of the molecule is COC(=O)C1CCC(F)(F)C1NC(=O)OC(C)(C)C. The molecule has 5 nitrogen and oxygen atoms in total. The van der Waals surface area contributed by atoms with Gasteiger partial charge in [-0.3, -0.25) is 4.79 Å². The molecule has 1 aliphatic carbocycles. The zero-order valence-electron chi connectivity index (χ0n) is 11.5.